The fourth-order valence-electron chi connectivity index (χ4n) is 1.71. The molecule has 3 aromatic rings. The Morgan fingerprint density at radius 1 is 1.26 bits per heavy atom. The summed E-state index contributed by atoms with van der Waals surface area (Å²) in [6, 6.07) is 10.4. The highest BCUT2D eigenvalue weighted by atomic mass is 32.2. The Labute approximate surface area is 120 Å². The summed E-state index contributed by atoms with van der Waals surface area (Å²) in [6.45, 7) is 0. The second-order valence-corrected chi connectivity index (χ2v) is 6.06. The van der Waals surface area contributed by atoms with Crippen LogP contribution >= 0.6 is 23.1 Å². The fraction of sp³-hybridized carbons (Fsp3) is 0.143. The van der Waals surface area contributed by atoms with Crippen molar-refractivity contribution in [2.24, 2.45) is 7.05 Å². The van der Waals surface area contributed by atoms with Crippen molar-refractivity contribution < 1.29 is 0 Å². The number of aryl methyl sites for hydroxylation is 1. The minimum atomic E-state index is 0.904. The lowest BCUT2D eigenvalue weighted by atomic mass is 10.4. The van der Waals surface area contributed by atoms with Crippen molar-refractivity contribution in [1.82, 2.24) is 14.8 Å². The van der Waals surface area contributed by atoms with Crippen LogP contribution in [0.2, 0.25) is 0 Å². The summed E-state index contributed by atoms with van der Waals surface area (Å²) in [5.74, 6) is 0.904. The van der Waals surface area contributed by atoms with Gasteiger partial charge in [0.2, 0.25) is 0 Å². The Hall–Kier alpha value is -1.59. The zero-order valence-corrected chi connectivity index (χ0v) is 12.1. The molecule has 3 rings (SSSR count). The molecule has 0 N–H and O–H groups in total. The van der Waals surface area contributed by atoms with Crippen LogP contribution in [-0.4, -0.2) is 14.8 Å². The maximum absolute atomic E-state index is 4.65. The molecule has 19 heavy (non-hydrogen) atoms. The standard InChI is InChI=1S/C14H13N3S2/c1-17-8-11(7-15-17)14-16-12(10-19-14)9-18-13-5-3-2-4-6-13/h2-8,10H,9H2,1H3. The van der Waals surface area contributed by atoms with Gasteiger partial charge in [0.15, 0.2) is 0 Å². The molecule has 2 aromatic heterocycles. The monoisotopic (exact) mass is 287 g/mol. The summed E-state index contributed by atoms with van der Waals surface area (Å²) >= 11 is 3.48. The van der Waals surface area contributed by atoms with Crippen LogP contribution < -0.4 is 0 Å². The number of aromatic nitrogens is 3. The van der Waals surface area contributed by atoms with Crippen molar-refractivity contribution in [3.63, 3.8) is 0 Å². The first-order valence-corrected chi connectivity index (χ1v) is 7.79. The van der Waals surface area contributed by atoms with Crippen LogP contribution in [0.25, 0.3) is 10.6 Å². The van der Waals surface area contributed by atoms with Crippen molar-refractivity contribution in [3.8, 4) is 10.6 Å². The van der Waals surface area contributed by atoms with Gasteiger partial charge in [-0.3, -0.25) is 4.68 Å². The summed E-state index contributed by atoms with van der Waals surface area (Å²) in [6.07, 6.45) is 3.85. The molecule has 96 valence electrons. The molecule has 0 bridgehead atoms. The van der Waals surface area contributed by atoms with E-state index in [-0.39, 0.29) is 0 Å². The quantitative estimate of drug-likeness (QED) is 0.683. The predicted octanol–water partition coefficient (Wildman–Crippen LogP) is 3.84. The highest BCUT2D eigenvalue weighted by Crippen LogP contribution is 2.27. The summed E-state index contributed by atoms with van der Waals surface area (Å²) in [5, 5.41) is 7.34. The molecule has 0 aliphatic rings. The van der Waals surface area contributed by atoms with E-state index in [0.717, 1.165) is 22.0 Å². The predicted molar refractivity (Wildman–Crippen MR) is 80.3 cm³/mol. The molecule has 0 unspecified atom stereocenters. The lowest BCUT2D eigenvalue weighted by Crippen LogP contribution is -1.84. The number of benzene rings is 1. The third kappa shape index (κ3) is 3.05. The molecule has 0 aliphatic heterocycles. The largest absolute Gasteiger partial charge is 0.275 e. The maximum Gasteiger partial charge on any atom is 0.126 e. The van der Waals surface area contributed by atoms with Crippen molar-refractivity contribution in [2.75, 3.05) is 0 Å². The van der Waals surface area contributed by atoms with Gasteiger partial charge in [0, 0.05) is 34.8 Å². The van der Waals surface area contributed by atoms with E-state index in [1.54, 1.807) is 16.0 Å². The molecule has 1 aromatic carbocycles. The molecule has 0 aliphatic carbocycles. The fourth-order valence-corrected chi connectivity index (χ4v) is 3.42. The Morgan fingerprint density at radius 2 is 2.11 bits per heavy atom. The molecule has 0 fully saturated rings. The van der Waals surface area contributed by atoms with Gasteiger partial charge in [0.25, 0.3) is 0 Å². The smallest absolute Gasteiger partial charge is 0.126 e. The van der Waals surface area contributed by atoms with Crippen molar-refractivity contribution in [1.29, 1.82) is 0 Å². The lowest BCUT2D eigenvalue weighted by Gasteiger charge is -1.97. The first-order valence-electron chi connectivity index (χ1n) is 5.92. The molecule has 5 heteroatoms. The zero-order valence-electron chi connectivity index (χ0n) is 10.5. The first kappa shape index (κ1) is 12.4. The summed E-state index contributed by atoms with van der Waals surface area (Å²) in [4.78, 5) is 5.93. The third-order valence-corrected chi connectivity index (χ3v) is 4.62. The van der Waals surface area contributed by atoms with E-state index in [4.69, 9.17) is 0 Å². The van der Waals surface area contributed by atoms with Gasteiger partial charge >= 0.3 is 0 Å². The van der Waals surface area contributed by atoms with Crippen molar-refractivity contribution in [3.05, 3.63) is 53.8 Å². The van der Waals surface area contributed by atoms with Gasteiger partial charge in [-0.2, -0.15) is 5.10 Å². The SMILES string of the molecule is Cn1cc(-c2nc(CSc3ccccc3)cs2)cn1. The van der Waals surface area contributed by atoms with Crippen LogP contribution in [0.3, 0.4) is 0 Å². The zero-order chi connectivity index (χ0) is 13.1. The van der Waals surface area contributed by atoms with Crippen molar-refractivity contribution in [2.45, 2.75) is 10.6 Å². The van der Waals surface area contributed by atoms with E-state index in [2.05, 4.69) is 39.7 Å². The number of rotatable bonds is 4. The minimum absolute atomic E-state index is 0.904. The van der Waals surface area contributed by atoms with Crippen LogP contribution in [-0.2, 0) is 12.8 Å². The Balaban J connectivity index is 1.68. The highest BCUT2D eigenvalue weighted by molar-refractivity contribution is 7.98. The lowest BCUT2D eigenvalue weighted by molar-refractivity contribution is 0.768. The molecule has 0 amide bonds. The maximum atomic E-state index is 4.65. The number of hydrogen-bond donors (Lipinski definition) is 0. The van der Waals surface area contributed by atoms with Crippen LogP contribution in [0, 0.1) is 0 Å². The van der Waals surface area contributed by atoms with Crippen LogP contribution in [0.4, 0.5) is 0 Å². The van der Waals surface area contributed by atoms with Gasteiger partial charge in [-0.1, -0.05) is 18.2 Å². The van der Waals surface area contributed by atoms with Crippen LogP contribution in [0.5, 0.6) is 0 Å². The van der Waals surface area contributed by atoms with E-state index in [0.29, 0.717) is 0 Å². The topological polar surface area (TPSA) is 30.7 Å². The molecule has 0 atom stereocenters. The summed E-state index contributed by atoms with van der Waals surface area (Å²) in [5.41, 5.74) is 2.21. The molecular weight excluding hydrogens is 274 g/mol. The Kier molecular flexibility index (Phi) is 3.66. The van der Waals surface area contributed by atoms with Gasteiger partial charge in [0.1, 0.15) is 5.01 Å². The average Bonchev–Trinajstić information content (AvgIpc) is 3.06. The highest BCUT2D eigenvalue weighted by Gasteiger charge is 2.06. The number of thioether (sulfide) groups is 1. The molecule has 0 spiro atoms. The van der Waals surface area contributed by atoms with Crippen molar-refractivity contribution >= 4 is 23.1 Å². The van der Waals surface area contributed by atoms with Gasteiger partial charge in [-0.15, -0.1) is 23.1 Å². The Bertz CT molecular complexity index is 658. The third-order valence-electron chi connectivity index (χ3n) is 2.63. The summed E-state index contributed by atoms with van der Waals surface area (Å²) < 4.78 is 1.80. The van der Waals surface area contributed by atoms with E-state index >= 15 is 0 Å². The van der Waals surface area contributed by atoms with E-state index < -0.39 is 0 Å². The summed E-state index contributed by atoms with van der Waals surface area (Å²) in [7, 11) is 1.92. The van der Waals surface area contributed by atoms with Gasteiger partial charge in [-0.05, 0) is 12.1 Å². The molecule has 0 radical (unpaired) electrons. The molecule has 0 saturated carbocycles. The van der Waals surface area contributed by atoms with Gasteiger partial charge in [0.05, 0.1) is 11.9 Å². The van der Waals surface area contributed by atoms with E-state index in [1.807, 2.05) is 37.3 Å². The van der Waals surface area contributed by atoms with E-state index in [9.17, 15) is 0 Å². The van der Waals surface area contributed by atoms with Gasteiger partial charge in [-0.25, -0.2) is 4.98 Å². The number of hydrogen-bond acceptors (Lipinski definition) is 4. The number of nitrogens with zero attached hydrogens (tertiary/aromatic N) is 3. The molecular formula is C14H13N3S2. The average molecular weight is 287 g/mol. The minimum Gasteiger partial charge on any atom is -0.275 e. The Morgan fingerprint density at radius 3 is 2.84 bits per heavy atom. The number of thiazole rings is 1. The molecule has 0 saturated heterocycles. The molecule has 3 nitrogen and oxygen atoms in total. The van der Waals surface area contributed by atoms with Crippen LogP contribution in [0.15, 0.2) is 53.0 Å². The van der Waals surface area contributed by atoms with Crippen LogP contribution in [0.1, 0.15) is 5.69 Å². The second-order valence-electron chi connectivity index (χ2n) is 4.15. The van der Waals surface area contributed by atoms with E-state index in [1.165, 1.54) is 4.90 Å². The second kappa shape index (κ2) is 5.59. The normalized spacial score (nSPS) is 10.8. The van der Waals surface area contributed by atoms with Gasteiger partial charge < -0.3 is 0 Å². The first-order chi connectivity index (χ1) is 9.31. The molecule has 2 heterocycles.